The number of hydrogen-bond donors (Lipinski definition) is 0. The maximum atomic E-state index is 10.2. The zero-order valence-electron chi connectivity index (χ0n) is 12.1. The summed E-state index contributed by atoms with van der Waals surface area (Å²) in [5.41, 5.74) is 1.41. The van der Waals surface area contributed by atoms with Crippen LogP contribution in [0.25, 0.3) is 21.5 Å². The van der Waals surface area contributed by atoms with Crippen molar-refractivity contribution in [2.45, 2.75) is 32.1 Å². The lowest BCUT2D eigenvalue weighted by molar-refractivity contribution is 0.545. The average molecular weight is 275 g/mol. The van der Waals surface area contributed by atoms with E-state index in [1.165, 1.54) is 27.1 Å². The van der Waals surface area contributed by atoms with Crippen LogP contribution in [0.4, 0.5) is 0 Å². The van der Waals surface area contributed by atoms with Crippen molar-refractivity contribution in [2.24, 2.45) is 0 Å². The fourth-order valence-corrected chi connectivity index (χ4v) is 2.94. The van der Waals surface area contributed by atoms with Crippen molar-refractivity contribution < 1.29 is 4.79 Å². The lowest BCUT2D eigenvalue weighted by Gasteiger charge is -2.08. The molecule has 0 atom stereocenters. The van der Waals surface area contributed by atoms with Crippen molar-refractivity contribution in [2.75, 3.05) is 0 Å². The third-order valence-electron chi connectivity index (χ3n) is 4.06. The van der Waals surface area contributed by atoms with E-state index in [0.717, 1.165) is 25.7 Å². The van der Waals surface area contributed by atoms with E-state index in [9.17, 15) is 4.79 Å². The molecule has 3 aromatic rings. The molecule has 0 aliphatic rings. The third-order valence-corrected chi connectivity index (χ3v) is 4.06. The first-order valence-electron chi connectivity index (χ1n) is 7.64. The van der Waals surface area contributed by atoms with Gasteiger partial charge in [-0.3, -0.25) is 4.79 Å². The van der Waals surface area contributed by atoms with Gasteiger partial charge >= 0.3 is 0 Å². The Morgan fingerprint density at radius 2 is 1.52 bits per heavy atom. The molecule has 1 heteroatoms. The molecule has 0 spiro atoms. The zero-order chi connectivity index (χ0) is 14.5. The van der Waals surface area contributed by atoms with Gasteiger partial charge in [0.15, 0.2) is 6.29 Å². The van der Waals surface area contributed by atoms with Crippen LogP contribution >= 0.6 is 0 Å². The van der Waals surface area contributed by atoms with Gasteiger partial charge in [-0.1, -0.05) is 48.9 Å². The molecule has 0 amide bonds. The van der Waals surface area contributed by atoms with Crippen LogP contribution in [-0.4, -0.2) is 6.29 Å². The second-order valence-electron chi connectivity index (χ2n) is 5.54. The van der Waals surface area contributed by atoms with E-state index in [0.29, 0.717) is 6.42 Å². The lowest BCUT2D eigenvalue weighted by Crippen LogP contribution is -1.89. The fourth-order valence-electron chi connectivity index (χ4n) is 2.94. The smallest absolute Gasteiger partial charge is 0.198 e. The Balaban J connectivity index is 1.88. The van der Waals surface area contributed by atoms with Crippen molar-refractivity contribution in [3.05, 3.63) is 60.2 Å². The standard InChI is InChI=1S/C20H19O/c21-13-6-2-1-3-8-16-11-7-12-19-14-17-9-4-5-10-18(17)15-20(16)19/h4-5,7,9-12,14-15H,1-3,6,8H2. The van der Waals surface area contributed by atoms with Gasteiger partial charge in [0.25, 0.3) is 0 Å². The van der Waals surface area contributed by atoms with Crippen LogP contribution in [0.15, 0.2) is 54.6 Å². The second kappa shape index (κ2) is 6.53. The quantitative estimate of drug-likeness (QED) is 0.446. The summed E-state index contributed by atoms with van der Waals surface area (Å²) >= 11 is 0. The Hall–Kier alpha value is -2.15. The minimum Gasteiger partial charge on any atom is -0.291 e. The minimum atomic E-state index is 0.570. The van der Waals surface area contributed by atoms with Gasteiger partial charge in [-0.25, -0.2) is 0 Å². The third kappa shape index (κ3) is 3.13. The normalized spacial score (nSPS) is 11.0. The number of aryl methyl sites for hydroxylation is 1. The molecule has 0 unspecified atom stereocenters. The molecule has 3 rings (SSSR count). The van der Waals surface area contributed by atoms with Gasteiger partial charge < -0.3 is 0 Å². The average Bonchev–Trinajstić information content (AvgIpc) is 2.53. The molecular weight excluding hydrogens is 256 g/mol. The number of hydrogen-bond acceptors (Lipinski definition) is 1. The summed E-state index contributed by atoms with van der Waals surface area (Å²) in [6.07, 6.45) is 6.80. The van der Waals surface area contributed by atoms with Crippen molar-refractivity contribution in [3.63, 3.8) is 0 Å². The Kier molecular flexibility index (Phi) is 4.30. The second-order valence-corrected chi connectivity index (χ2v) is 5.54. The molecule has 3 aromatic carbocycles. The zero-order valence-corrected chi connectivity index (χ0v) is 12.1. The van der Waals surface area contributed by atoms with E-state index >= 15 is 0 Å². The number of fused-ring (bicyclic) bond motifs is 2. The molecule has 0 aliphatic heterocycles. The molecule has 0 aromatic heterocycles. The topological polar surface area (TPSA) is 17.1 Å². The van der Waals surface area contributed by atoms with Crippen LogP contribution in [0.5, 0.6) is 0 Å². The lowest BCUT2D eigenvalue weighted by atomic mass is 9.96. The highest BCUT2D eigenvalue weighted by molar-refractivity contribution is 5.99. The van der Waals surface area contributed by atoms with E-state index in [4.69, 9.17) is 0 Å². The molecule has 1 radical (unpaired) electrons. The highest BCUT2D eigenvalue weighted by Gasteiger charge is 2.03. The molecule has 0 saturated heterocycles. The molecule has 0 heterocycles. The number of benzene rings is 3. The summed E-state index contributed by atoms with van der Waals surface area (Å²) in [6.45, 7) is 0. The van der Waals surface area contributed by atoms with Crippen LogP contribution in [0.1, 0.15) is 31.2 Å². The monoisotopic (exact) mass is 275 g/mol. The Bertz CT molecular complexity index is 758. The van der Waals surface area contributed by atoms with Gasteiger partial charge in [-0.15, -0.1) is 0 Å². The van der Waals surface area contributed by atoms with Crippen LogP contribution in [0.3, 0.4) is 0 Å². The molecule has 0 aliphatic carbocycles. The van der Waals surface area contributed by atoms with Crippen LogP contribution in [0, 0.1) is 0 Å². The number of rotatable bonds is 6. The summed E-state index contributed by atoms with van der Waals surface area (Å²) in [4.78, 5) is 10.2. The Labute approximate surface area is 125 Å². The SMILES string of the molecule is O=[C]CCCCCc1cccc2cc3ccccc3cc12. The van der Waals surface area contributed by atoms with E-state index in [-0.39, 0.29) is 0 Å². The molecule has 21 heavy (non-hydrogen) atoms. The maximum Gasteiger partial charge on any atom is 0.198 e. The predicted octanol–water partition coefficient (Wildman–Crippen LogP) is 5.21. The minimum absolute atomic E-state index is 0.570. The molecule has 1 nitrogen and oxygen atoms in total. The number of carbonyl (C=O) groups excluding carboxylic acids is 1. The maximum absolute atomic E-state index is 10.2. The largest absolute Gasteiger partial charge is 0.291 e. The molecule has 0 N–H and O–H groups in total. The van der Waals surface area contributed by atoms with Gasteiger partial charge in [0.2, 0.25) is 0 Å². The molecule has 105 valence electrons. The molecule has 0 saturated carbocycles. The van der Waals surface area contributed by atoms with Gasteiger partial charge in [0.1, 0.15) is 0 Å². The number of unbranched alkanes of at least 4 members (excludes halogenated alkanes) is 3. The first-order chi connectivity index (χ1) is 10.4. The Morgan fingerprint density at radius 3 is 2.33 bits per heavy atom. The Morgan fingerprint density at radius 1 is 0.762 bits per heavy atom. The van der Waals surface area contributed by atoms with Crippen molar-refractivity contribution >= 4 is 27.8 Å². The van der Waals surface area contributed by atoms with E-state index in [1.807, 2.05) is 6.29 Å². The van der Waals surface area contributed by atoms with Gasteiger partial charge in [-0.2, -0.15) is 0 Å². The highest BCUT2D eigenvalue weighted by atomic mass is 16.1. The molecule has 0 bridgehead atoms. The van der Waals surface area contributed by atoms with E-state index < -0.39 is 0 Å². The molecule has 0 fully saturated rings. The van der Waals surface area contributed by atoms with Gasteiger partial charge in [-0.05, 0) is 58.5 Å². The van der Waals surface area contributed by atoms with Crippen molar-refractivity contribution in [3.8, 4) is 0 Å². The first-order valence-corrected chi connectivity index (χ1v) is 7.64. The van der Waals surface area contributed by atoms with E-state index in [1.54, 1.807) is 0 Å². The molecular formula is C20H19O. The summed E-state index contributed by atoms with van der Waals surface area (Å²) in [5.74, 6) is 0. The fraction of sp³-hybridized carbons (Fsp3) is 0.250. The van der Waals surface area contributed by atoms with Gasteiger partial charge in [0, 0.05) is 6.42 Å². The predicted molar refractivity (Wildman–Crippen MR) is 89.3 cm³/mol. The first kappa shape index (κ1) is 13.8. The summed E-state index contributed by atoms with van der Waals surface area (Å²) < 4.78 is 0. The van der Waals surface area contributed by atoms with Crippen LogP contribution < -0.4 is 0 Å². The summed E-state index contributed by atoms with van der Waals surface area (Å²) in [6, 6.07) is 19.6. The van der Waals surface area contributed by atoms with Gasteiger partial charge in [0.05, 0.1) is 0 Å². The van der Waals surface area contributed by atoms with Crippen molar-refractivity contribution in [1.29, 1.82) is 0 Å². The summed E-state index contributed by atoms with van der Waals surface area (Å²) in [5, 5.41) is 5.27. The summed E-state index contributed by atoms with van der Waals surface area (Å²) in [7, 11) is 0. The van der Waals surface area contributed by atoms with Crippen molar-refractivity contribution in [1.82, 2.24) is 0 Å². The van der Waals surface area contributed by atoms with E-state index in [2.05, 4.69) is 54.6 Å². The highest BCUT2D eigenvalue weighted by Crippen LogP contribution is 2.26. The van der Waals surface area contributed by atoms with Crippen LogP contribution in [-0.2, 0) is 11.2 Å². The van der Waals surface area contributed by atoms with Crippen LogP contribution in [0.2, 0.25) is 0 Å².